The van der Waals surface area contributed by atoms with E-state index in [9.17, 15) is 4.79 Å². The topological polar surface area (TPSA) is 68.0 Å². The summed E-state index contributed by atoms with van der Waals surface area (Å²) in [5.41, 5.74) is 5.56. The number of hydrogen-bond acceptors (Lipinski definition) is 4. The van der Waals surface area contributed by atoms with Crippen LogP contribution in [0.15, 0.2) is 11.6 Å². The third-order valence-electron chi connectivity index (χ3n) is 2.49. The van der Waals surface area contributed by atoms with E-state index in [1.54, 1.807) is 17.5 Å². The number of nitrogens with zero attached hydrogens (tertiary/aromatic N) is 1. The fourth-order valence-corrected chi connectivity index (χ4v) is 2.22. The first kappa shape index (κ1) is 14.1. The van der Waals surface area contributed by atoms with Crippen LogP contribution in [0.4, 0.5) is 0 Å². The molecule has 0 spiro atoms. The first-order chi connectivity index (χ1) is 7.92. The minimum absolute atomic E-state index is 0.0309. The molecule has 0 bridgehead atoms. The van der Waals surface area contributed by atoms with Crippen LogP contribution >= 0.6 is 11.3 Å². The second-order valence-corrected chi connectivity index (χ2v) is 5.81. The quantitative estimate of drug-likeness (QED) is 0.819. The van der Waals surface area contributed by atoms with Crippen molar-refractivity contribution in [2.75, 3.05) is 0 Å². The molecular weight excluding hydrogens is 234 g/mol. The van der Waals surface area contributed by atoms with Crippen LogP contribution < -0.4 is 11.1 Å². The number of hydrogen-bond donors (Lipinski definition) is 2. The van der Waals surface area contributed by atoms with Crippen LogP contribution in [0.25, 0.3) is 0 Å². The maximum absolute atomic E-state index is 11.8. The molecule has 1 atom stereocenters. The summed E-state index contributed by atoms with van der Waals surface area (Å²) < 4.78 is 0. The van der Waals surface area contributed by atoms with Crippen molar-refractivity contribution in [3.8, 4) is 0 Å². The van der Waals surface area contributed by atoms with Gasteiger partial charge in [0.25, 0.3) is 0 Å². The molecule has 17 heavy (non-hydrogen) atoms. The maximum Gasteiger partial charge on any atom is 0.220 e. The Morgan fingerprint density at radius 1 is 1.65 bits per heavy atom. The van der Waals surface area contributed by atoms with Gasteiger partial charge >= 0.3 is 0 Å². The molecule has 0 aromatic carbocycles. The Bertz CT molecular complexity index is 343. The van der Waals surface area contributed by atoms with E-state index in [-0.39, 0.29) is 17.5 Å². The van der Waals surface area contributed by atoms with Gasteiger partial charge in [-0.25, -0.2) is 4.98 Å². The molecule has 1 aromatic rings. The number of carbonyl (C=O) groups is 1. The van der Waals surface area contributed by atoms with Crippen molar-refractivity contribution in [2.24, 2.45) is 5.73 Å². The lowest BCUT2D eigenvalue weighted by molar-refractivity contribution is -0.122. The summed E-state index contributed by atoms with van der Waals surface area (Å²) in [4.78, 5) is 16.0. The van der Waals surface area contributed by atoms with E-state index in [2.05, 4.69) is 10.3 Å². The third-order valence-corrected chi connectivity index (χ3v) is 3.38. The highest BCUT2D eigenvalue weighted by Gasteiger charge is 2.17. The average Bonchev–Trinajstić information content (AvgIpc) is 2.75. The predicted octanol–water partition coefficient (Wildman–Crippen LogP) is 2.23. The minimum atomic E-state index is -0.291. The van der Waals surface area contributed by atoms with Crippen LogP contribution in [-0.4, -0.2) is 16.4 Å². The zero-order chi connectivity index (χ0) is 12.9. The number of thiazole rings is 1. The van der Waals surface area contributed by atoms with E-state index in [0.717, 1.165) is 11.4 Å². The molecule has 1 rings (SSSR count). The van der Waals surface area contributed by atoms with Crippen molar-refractivity contribution in [2.45, 2.75) is 51.6 Å². The monoisotopic (exact) mass is 255 g/mol. The largest absolute Gasteiger partial charge is 0.347 e. The second kappa shape index (κ2) is 6.12. The summed E-state index contributed by atoms with van der Waals surface area (Å²) in [6, 6.07) is 0.0309. The Hall–Kier alpha value is -0.940. The van der Waals surface area contributed by atoms with Gasteiger partial charge in [-0.15, -0.1) is 11.3 Å². The summed E-state index contributed by atoms with van der Waals surface area (Å²) in [5.74, 6) is 0.0468. The number of carbonyl (C=O) groups excluding carboxylic acids is 1. The van der Waals surface area contributed by atoms with E-state index in [1.165, 1.54) is 0 Å². The fraction of sp³-hybridized carbons (Fsp3) is 0.667. The first-order valence-electron chi connectivity index (χ1n) is 5.90. The Morgan fingerprint density at radius 3 is 2.82 bits per heavy atom. The normalized spacial score (nSPS) is 13.4. The van der Waals surface area contributed by atoms with Gasteiger partial charge in [-0.3, -0.25) is 4.79 Å². The highest BCUT2D eigenvalue weighted by atomic mass is 32.1. The van der Waals surface area contributed by atoms with E-state index in [0.29, 0.717) is 12.8 Å². The molecule has 3 N–H and O–H groups in total. The molecule has 96 valence electrons. The maximum atomic E-state index is 11.8. The van der Waals surface area contributed by atoms with Gasteiger partial charge in [0.15, 0.2) is 0 Å². The first-order valence-corrected chi connectivity index (χ1v) is 6.78. The van der Waals surface area contributed by atoms with Crippen LogP contribution in [0.2, 0.25) is 0 Å². The van der Waals surface area contributed by atoms with Crippen LogP contribution in [-0.2, 0) is 4.79 Å². The molecule has 0 fully saturated rings. The van der Waals surface area contributed by atoms with Gasteiger partial charge in [0.05, 0.1) is 6.04 Å². The summed E-state index contributed by atoms with van der Waals surface area (Å²) in [7, 11) is 0. The van der Waals surface area contributed by atoms with Gasteiger partial charge in [-0.05, 0) is 26.7 Å². The highest BCUT2D eigenvalue weighted by molar-refractivity contribution is 7.09. The Morgan fingerprint density at radius 2 is 2.35 bits per heavy atom. The zero-order valence-corrected chi connectivity index (χ0v) is 11.5. The van der Waals surface area contributed by atoms with E-state index in [4.69, 9.17) is 5.73 Å². The minimum Gasteiger partial charge on any atom is -0.347 e. The summed E-state index contributed by atoms with van der Waals surface area (Å²) in [6.45, 7) is 5.90. The fourth-order valence-electron chi connectivity index (χ4n) is 1.45. The average molecular weight is 255 g/mol. The van der Waals surface area contributed by atoms with Gasteiger partial charge in [-0.1, -0.05) is 6.92 Å². The highest BCUT2D eigenvalue weighted by Crippen LogP contribution is 2.19. The van der Waals surface area contributed by atoms with Crippen molar-refractivity contribution < 1.29 is 4.79 Å². The molecule has 1 aromatic heterocycles. The van der Waals surface area contributed by atoms with Crippen molar-refractivity contribution in [1.29, 1.82) is 0 Å². The van der Waals surface area contributed by atoms with E-state index < -0.39 is 0 Å². The number of nitrogens with two attached hydrogens (primary N) is 1. The van der Waals surface area contributed by atoms with Gasteiger partial charge < -0.3 is 11.1 Å². The summed E-state index contributed by atoms with van der Waals surface area (Å²) >= 11 is 1.57. The predicted molar refractivity (Wildman–Crippen MR) is 70.8 cm³/mol. The van der Waals surface area contributed by atoms with Crippen molar-refractivity contribution in [3.05, 3.63) is 16.6 Å². The molecule has 0 aliphatic carbocycles. The molecule has 1 unspecified atom stereocenters. The molecule has 0 saturated heterocycles. The molecule has 1 heterocycles. The Balaban J connectivity index is 2.44. The molecule has 0 aliphatic rings. The number of rotatable bonds is 6. The van der Waals surface area contributed by atoms with Gasteiger partial charge in [0.1, 0.15) is 5.01 Å². The SMILES string of the molecule is CCC(NC(=O)CCC(C)(C)N)c1nccs1. The van der Waals surface area contributed by atoms with Gasteiger partial charge in [0.2, 0.25) is 5.91 Å². The van der Waals surface area contributed by atoms with Crippen LogP contribution in [0.5, 0.6) is 0 Å². The Labute approximate surface area is 107 Å². The van der Waals surface area contributed by atoms with Crippen LogP contribution in [0, 0.1) is 0 Å². The van der Waals surface area contributed by atoms with Crippen molar-refractivity contribution in [3.63, 3.8) is 0 Å². The van der Waals surface area contributed by atoms with Crippen molar-refractivity contribution >= 4 is 17.2 Å². The number of nitrogens with one attached hydrogen (secondary N) is 1. The molecular formula is C12H21N3OS. The van der Waals surface area contributed by atoms with Crippen LogP contribution in [0.3, 0.4) is 0 Å². The van der Waals surface area contributed by atoms with Gasteiger partial charge in [0, 0.05) is 23.5 Å². The summed E-state index contributed by atoms with van der Waals surface area (Å²) in [5, 5.41) is 5.88. The standard InChI is InChI=1S/C12H21N3OS/c1-4-9(11-14-7-8-17-11)15-10(16)5-6-12(2,3)13/h7-9H,4-6,13H2,1-3H3,(H,15,16). The lowest BCUT2D eigenvalue weighted by Gasteiger charge is -2.19. The third kappa shape index (κ3) is 5.28. The molecule has 0 radical (unpaired) electrons. The van der Waals surface area contributed by atoms with Gasteiger partial charge in [-0.2, -0.15) is 0 Å². The Kier molecular flexibility index (Phi) is 5.08. The zero-order valence-electron chi connectivity index (χ0n) is 10.7. The number of amides is 1. The van der Waals surface area contributed by atoms with Crippen molar-refractivity contribution in [1.82, 2.24) is 10.3 Å². The summed E-state index contributed by atoms with van der Waals surface area (Å²) in [6.07, 6.45) is 3.77. The molecule has 5 heteroatoms. The lowest BCUT2D eigenvalue weighted by atomic mass is 10.00. The smallest absolute Gasteiger partial charge is 0.220 e. The molecule has 0 saturated carbocycles. The molecule has 4 nitrogen and oxygen atoms in total. The van der Waals surface area contributed by atoms with Crippen LogP contribution in [0.1, 0.15) is 51.1 Å². The van der Waals surface area contributed by atoms with E-state index >= 15 is 0 Å². The second-order valence-electron chi connectivity index (χ2n) is 4.89. The number of aromatic nitrogens is 1. The molecule has 1 amide bonds. The lowest BCUT2D eigenvalue weighted by Crippen LogP contribution is -2.35. The van der Waals surface area contributed by atoms with E-state index in [1.807, 2.05) is 26.2 Å². The molecule has 0 aliphatic heterocycles.